The first-order valence-electron chi connectivity index (χ1n) is 9.82. The number of nitrogens with two attached hydrogens (primary N) is 1. The molecule has 1 atom stereocenters. The molecule has 0 aliphatic carbocycles. The monoisotopic (exact) mass is 437 g/mol. The molecule has 2 aromatic carbocycles. The Morgan fingerprint density at radius 1 is 1.13 bits per heavy atom. The number of rotatable bonds is 6. The van der Waals surface area contributed by atoms with Gasteiger partial charge in [0.2, 0.25) is 11.8 Å². The normalized spacial score (nSPS) is 15.3. The summed E-state index contributed by atoms with van der Waals surface area (Å²) in [5.41, 5.74) is 9.24. The van der Waals surface area contributed by atoms with Crippen molar-refractivity contribution in [3.63, 3.8) is 0 Å². The van der Waals surface area contributed by atoms with E-state index in [1.807, 2.05) is 47.8 Å². The van der Waals surface area contributed by atoms with Crippen molar-refractivity contribution in [2.75, 3.05) is 14.2 Å². The van der Waals surface area contributed by atoms with E-state index < -0.39 is 11.9 Å². The van der Waals surface area contributed by atoms with Gasteiger partial charge in [0.05, 0.1) is 26.3 Å². The molecule has 1 aliphatic rings. The van der Waals surface area contributed by atoms with E-state index in [4.69, 9.17) is 15.2 Å². The van der Waals surface area contributed by atoms with E-state index in [1.165, 1.54) is 11.3 Å². The fourth-order valence-electron chi connectivity index (χ4n) is 3.79. The van der Waals surface area contributed by atoms with Gasteiger partial charge >= 0.3 is 0 Å². The number of thiazole rings is 1. The third kappa shape index (κ3) is 4.25. The number of primary amides is 1. The lowest BCUT2D eigenvalue weighted by molar-refractivity contribution is -0.140. The molecule has 31 heavy (non-hydrogen) atoms. The van der Waals surface area contributed by atoms with Gasteiger partial charge in [-0.15, -0.1) is 11.3 Å². The first kappa shape index (κ1) is 20.9. The second-order valence-electron chi connectivity index (χ2n) is 7.30. The molecule has 4 rings (SSSR count). The quantitative estimate of drug-likeness (QED) is 0.640. The Hall–Kier alpha value is -3.39. The molecule has 0 radical (unpaired) electrons. The van der Waals surface area contributed by atoms with Crippen LogP contribution in [0, 0.1) is 0 Å². The number of aromatic nitrogens is 1. The van der Waals surface area contributed by atoms with E-state index in [9.17, 15) is 9.59 Å². The summed E-state index contributed by atoms with van der Waals surface area (Å²) in [6, 6.07) is 12.7. The molecule has 0 saturated heterocycles. The van der Waals surface area contributed by atoms with Crippen molar-refractivity contribution in [1.29, 1.82) is 0 Å². The number of hydrogen-bond acceptors (Lipinski definition) is 6. The Kier molecular flexibility index (Phi) is 5.90. The van der Waals surface area contributed by atoms with Gasteiger partial charge in [-0.1, -0.05) is 24.3 Å². The van der Waals surface area contributed by atoms with Crippen molar-refractivity contribution < 1.29 is 19.1 Å². The molecule has 0 saturated carbocycles. The Morgan fingerprint density at radius 2 is 1.87 bits per heavy atom. The summed E-state index contributed by atoms with van der Waals surface area (Å²) in [6.45, 7) is 0.370. The fraction of sp³-hybridized carbons (Fsp3) is 0.261. The summed E-state index contributed by atoms with van der Waals surface area (Å²) in [7, 11) is 3.17. The number of methoxy groups -OCH3 is 2. The average molecular weight is 438 g/mol. The maximum atomic E-state index is 13.1. The van der Waals surface area contributed by atoms with Gasteiger partial charge in [0.1, 0.15) is 11.0 Å². The third-order valence-electron chi connectivity index (χ3n) is 5.41. The molecule has 160 valence electrons. The van der Waals surface area contributed by atoms with Crippen molar-refractivity contribution in [3.05, 3.63) is 64.7 Å². The van der Waals surface area contributed by atoms with Crippen LogP contribution < -0.4 is 15.2 Å². The van der Waals surface area contributed by atoms with Crippen molar-refractivity contribution in [3.8, 4) is 22.1 Å². The molecular weight excluding hydrogens is 414 g/mol. The minimum absolute atomic E-state index is 0.107. The van der Waals surface area contributed by atoms with Gasteiger partial charge in [-0.3, -0.25) is 9.59 Å². The maximum absolute atomic E-state index is 13.1. The van der Waals surface area contributed by atoms with E-state index >= 15 is 0 Å². The number of benzene rings is 2. The average Bonchev–Trinajstić information content (AvgIpc) is 3.25. The van der Waals surface area contributed by atoms with E-state index in [-0.39, 0.29) is 12.3 Å². The van der Waals surface area contributed by atoms with Gasteiger partial charge in [-0.2, -0.15) is 0 Å². The van der Waals surface area contributed by atoms with Crippen LogP contribution in [0.4, 0.5) is 0 Å². The van der Waals surface area contributed by atoms with E-state index in [1.54, 1.807) is 19.1 Å². The van der Waals surface area contributed by atoms with Crippen molar-refractivity contribution in [1.82, 2.24) is 9.88 Å². The Morgan fingerprint density at radius 3 is 2.58 bits per heavy atom. The highest BCUT2D eigenvalue weighted by Gasteiger charge is 2.33. The highest BCUT2D eigenvalue weighted by Crippen LogP contribution is 2.33. The SMILES string of the molecule is COc1ccc(-c2nc(CC(=O)N3Cc4ccccc4C[C@H]3C(N)=O)cs2)cc1OC. The number of carbonyl (C=O) groups excluding carboxylic acids is 2. The van der Waals surface area contributed by atoms with Crippen LogP contribution in [0.15, 0.2) is 47.8 Å². The predicted molar refractivity (Wildman–Crippen MR) is 118 cm³/mol. The smallest absolute Gasteiger partial charge is 0.240 e. The van der Waals surface area contributed by atoms with Crippen LogP contribution in [0.3, 0.4) is 0 Å². The molecule has 8 heteroatoms. The second kappa shape index (κ2) is 8.77. The summed E-state index contributed by atoms with van der Waals surface area (Å²) in [4.78, 5) is 31.3. The Labute approximate surface area is 184 Å². The van der Waals surface area contributed by atoms with E-state index in [0.717, 1.165) is 21.7 Å². The number of carbonyl (C=O) groups is 2. The summed E-state index contributed by atoms with van der Waals surface area (Å²) < 4.78 is 10.6. The van der Waals surface area contributed by atoms with Gasteiger partial charge < -0.3 is 20.1 Å². The number of ether oxygens (including phenoxy) is 2. The number of nitrogens with zero attached hydrogens (tertiary/aromatic N) is 2. The first-order chi connectivity index (χ1) is 15.0. The minimum atomic E-state index is -0.647. The Bertz CT molecular complexity index is 1130. The molecule has 2 N–H and O–H groups in total. The number of hydrogen-bond donors (Lipinski definition) is 1. The van der Waals surface area contributed by atoms with Gasteiger partial charge in [-0.25, -0.2) is 4.98 Å². The molecule has 7 nitrogen and oxygen atoms in total. The van der Waals surface area contributed by atoms with Crippen LogP contribution in [-0.2, 0) is 29.0 Å². The van der Waals surface area contributed by atoms with Gasteiger partial charge in [0, 0.05) is 23.9 Å². The zero-order chi connectivity index (χ0) is 22.0. The molecule has 1 aliphatic heterocycles. The highest BCUT2D eigenvalue weighted by molar-refractivity contribution is 7.13. The largest absolute Gasteiger partial charge is 0.493 e. The van der Waals surface area contributed by atoms with Crippen LogP contribution in [0.2, 0.25) is 0 Å². The summed E-state index contributed by atoms with van der Waals surface area (Å²) in [6.07, 6.45) is 0.543. The minimum Gasteiger partial charge on any atom is -0.493 e. The standard InChI is InChI=1S/C23H23N3O4S/c1-29-19-8-7-15(10-20(19)30-2)23-25-17(13-31-23)11-21(27)26-12-16-6-4-3-5-14(16)9-18(26)22(24)28/h3-8,10,13,18H,9,11-12H2,1-2H3,(H2,24,28)/t18-/m0/s1. The highest BCUT2D eigenvalue weighted by atomic mass is 32.1. The first-order valence-corrected chi connectivity index (χ1v) is 10.7. The predicted octanol–water partition coefficient (Wildman–Crippen LogP) is 2.81. The second-order valence-corrected chi connectivity index (χ2v) is 8.16. The van der Waals surface area contributed by atoms with Crippen molar-refractivity contribution in [2.45, 2.75) is 25.4 Å². The molecule has 2 heterocycles. The lowest BCUT2D eigenvalue weighted by Gasteiger charge is -2.35. The third-order valence-corrected chi connectivity index (χ3v) is 6.35. The van der Waals surface area contributed by atoms with Crippen LogP contribution in [0.1, 0.15) is 16.8 Å². The molecular formula is C23H23N3O4S. The van der Waals surface area contributed by atoms with Gasteiger partial charge in [-0.05, 0) is 29.3 Å². The molecule has 3 aromatic rings. The zero-order valence-electron chi connectivity index (χ0n) is 17.3. The van der Waals surface area contributed by atoms with Gasteiger partial charge in [0.15, 0.2) is 11.5 Å². The maximum Gasteiger partial charge on any atom is 0.240 e. The zero-order valence-corrected chi connectivity index (χ0v) is 18.1. The molecule has 2 amide bonds. The van der Waals surface area contributed by atoms with Crippen LogP contribution >= 0.6 is 11.3 Å². The number of fused-ring (bicyclic) bond motifs is 1. The van der Waals surface area contributed by atoms with Crippen LogP contribution in [-0.4, -0.2) is 42.0 Å². The molecule has 0 bridgehead atoms. The fourth-order valence-corrected chi connectivity index (χ4v) is 4.60. The van der Waals surface area contributed by atoms with Crippen LogP contribution in [0.5, 0.6) is 11.5 Å². The van der Waals surface area contributed by atoms with E-state index in [0.29, 0.717) is 30.2 Å². The summed E-state index contributed by atoms with van der Waals surface area (Å²) in [5, 5.41) is 2.64. The molecule has 1 aromatic heterocycles. The van der Waals surface area contributed by atoms with Crippen molar-refractivity contribution >= 4 is 23.2 Å². The topological polar surface area (TPSA) is 94.8 Å². The van der Waals surface area contributed by atoms with Crippen molar-refractivity contribution in [2.24, 2.45) is 5.73 Å². The molecule has 0 unspecified atom stereocenters. The Balaban J connectivity index is 1.53. The van der Waals surface area contributed by atoms with Gasteiger partial charge in [0.25, 0.3) is 0 Å². The lowest BCUT2D eigenvalue weighted by atomic mass is 9.93. The number of amides is 2. The van der Waals surface area contributed by atoms with Crippen LogP contribution in [0.25, 0.3) is 10.6 Å². The lowest BCUT2D eigenvalue weighted by Crippen LogP contribution is -2.51. The molecule has 0 fully saturated rings. The summed E-state index contributed by atoms with van der Waals surface area (Å²) >= 11 is 1.45. The van der Waals surface area contributed by atoms with E-state index in [2.05, 4.69) is 4.98 Å². The summed E-state index contributed by atoms with van der Waals surface area (Å²) in [5.74, 6) is 0.597. The molecule has 0 spiro atoms.